The summed E-state index contributed by atoms with van der Waals surface area (Å²) in [5.41, 5.74) is 2.86. The van der Waals surface area contributed by atoms with Crippen LogP contribution in [0.5, 0.6) is 0 Å². The first-order valence-corrected chi connectivity index (χ1v) is 11.8. The zero-order valence-corrected chi connectivity index (χ0v) is 20.7. The number of nitrogens with zero attached hydrogens (tertiary/aromatic N) is 2. The van der Waals surface area contributed by atoms with Crippen molar-refractivity contribution in [3.8, 4) is 0 Å². The zero-order chi connectivity index (χ0) is 19.9. The highest BCUT2D eigenvalue weighted by Gasteiger charge is 2.01. The summed E-state index contributed by atoms with van der Waals surface area (Å²) in [6, 6.07) is 9.00. The molecule has 4 heteroatoms. The normalized spacial score (nSPS) is 10.3. The van der Waals surface area contributed by atoms with Gasteiger partial charge in [0.1, 0.15) is 13.1 Å². The molecule has 0 aromatic carbocycles. The quantitative estimate of drug-likeness (QED) is 0.265. The molecule has 0 fully saturated rings. The van der Waals surface area contributed by atoms with E-state index in [0.717, 1.165) is 12.8 Å². The Labute approximate surface area is 197 Å². The molecule has 0 atom stereocenters. The number of rotatable bonds is 15. The summed E-state index contributed by atoms with van der Waals surface area (Å²) < 4.78 is 4.66. The van der Waals surface area contributed by atoms with Crippen LogP contribution in [0, 0.1) is 0 Å². The van der Waals surface area contributed by atoms with Crippen molar-refractivity contribution in [2.24, 2.45) is 0 Å². The Bertz CT molecular complexity index is 569. The second-order valence-corrected chi connectivity index (χ2v) is 8.13. The van der Waals surface area contributed by atoms with Crippen LogP contribution in [0.25, 0.3) is 0 Å². The molecule has 0 aliphatic carbocycles. The van der Waals surface area contributed by atoms with Crippen molar-refractivity contribution in [2.45, 2.75) is 104 Å². The molecule has 0 amide bonds. The first-order chi connectivity index (χ1) is 13.8. The molecular weight excluding hydrogens is 411 g/mol. The van der Waals surface area contributed by atoms with Crippen LogP contribution in [0.4, 0.5) is 0 Å². The molecule has 2 aromatic heterocycles. The van der Waals surface area contributed by atoms with Crippen molar-refractivity contribution in [3.05, 3.63) is 60.2 Å². The van der Waals surface area contributed by atoms with Crippen molar-refractivity contribution in [1.29, 1.82) is 0 Å². The van der Waals surface area contributed by atoms with Crippen LogP contribution < -0.4 is 33.9 Å². The fourth-order valence-corrected chi connectivity index (χ4v) is 3.75. The molecule has 170 valence electrons. The van der Waals surface area contributed by atoms with Gasteiger partial charge in [0, 0.05) is 37.1 Å². The maximum atomic E-state index is 2.33. The summed E-state index contributed by atoms with van der Waals surface area (Å²) >= 11 is 0. The Morgan fingerprint density at radius 3 is 1.00 bits per heavy atom. The van der Waals surface area contributed by atoms with Gasteiger partial charge >= 0.3 is 0 Å². The largest absolute Gasteiger partial charge is 1.00 e. The van der Waals surface area contributed by atoms with E-state index in [1.165, 1.54) is 88.4 Å². The van der Waals surface area contributed by atoms with Gasteiger partial charge in [0.2, 0.25) is 0 Å². The second-order valence-electron chi connectivity index (χ2n) is 8.13. The second kappa shape index (κ2) is 18.6. The minimum absolute atomic E-state index is 0. The number of aromatic nitrogens is 2. The molecule has 0 spiro atoms. The van der Waals surface area contributed by atoms with Crippen LogP contribution in [0.1, 0.15) is 89.2 Å². The van der Waals surface area contributed by atoms with E-state index in [2.05, 4.69) is 72.0 Å². The number of hydrogen-bond donors (Lipinski definition) is 0. The van der Waals surface area contributed by atoms with E-state index in [-0.39, 0.29) is 24.8 Å². The van der Waals surface area contributed by atoms with E-state index in [9.17, 15) is 0 Å². The molecular formula is C26H42Cl2N2. The van der Waals surface area contributed by atoms with Gasteiger partial charge < -0.3 is 24.8 Å². The van der Waals surface area contributed by atoms with Gasteiger partial charge in [0.05, 0.1) is 0 Å². The highest BCUT2D eigenvalue weighted by Crippen LogP contribution is 2.10. The molecule has 2 aromatic rings. The molecule has 0 saturated carbocycles. The smallest absolute Gasteiger partial charge is 0.169 e. The molecule has 2 heterocycles. The van der Waals surface area contributed by atoms with Gasteiger partial charge in [-0.2, -0.15) is 0 Å². The standard InChI is InChI=1S/C26H42N2.2ClH/c1-3-25-15-21-27(22-16-25)19-13-11-9-7-5-6-8-10-12-14-20-28-23-17-26(4-2)18-24-28;;/h15-18,21-24H,3-14,19-20H2,1-2H3;2*1H/q+2;;/p-2. The molecule has 0 saturated heterocycles. The third kappa shape index (κ3) is 12.5. The number of hydrogen-bond acceptors (Lipinski definition) is 0. The summed E-state index contributed by atoms with van der Waals surface area (Å²) in [4.78, 5) is 0. The highest BCUT2D eigenvalue weighted by atomic mass is 35.5. The SMILES string of the molecule is CCc1cc[n+](CCCCCCCCCCCC[n+]2ccc(CC)cc2)cc1.[Cl-].[Cl-]. The lowest BCUT2D eigenvalue weighted by Gasteiger charge is -2.02. The van der Waals surface area contributed by atoms with E-state index in [1.54, 1.807) is 0 Å². The monoisotopic (exact) mass is 452 g/mol. The van der Waals surface area contributed by atoms with Crippen LogP contribution in [0.2, 0.25) is 0 Å². The van der Waals surface area contributed by atoms with E-state index in [1.807, 2.05) is 0 Å². The Morgan fingerprint density at radius 1 is 0.467 bits per heavy atom. The maximum Gasteiger partial charge on any atom is 0.169 e. The van der Waals surface area contributed by atoms with Gasteiger partial charge in [-0.15, -0.1) is 0 Å². The molecule has 0 bridgehead atoms. The molecule has 30 heavy (non-hydrogen) atoms. The summed E-state index contributed by atoms with van der Waals surface area (Å²) in [6.45, 7) is 6.77. The molecule has 0 aliphatic rings. The number of unbranched alkanes of at least 4 members (excludes halogenated alkanes) is 9. The minimum Gasteiger partial charge on any atom is -1.00 e. The van der Waals surface area contributed by atoms with Crippen molar-refractivity contribution < 1.29 is 33.9 Å². The first kappa shape index (κ1) is 28.9. The van der Waals surface area contributed by atoms with Crippen LogP contribution in [0.15, 0.2) is 49.1 Å². The third-order valence-electron chi connectivity index (χ3n) is 5.82. The van der Waals surface area contributed by atoms with E-state index < -0.39 is 0 Å². The topological polar surface area (TPSA) is 7.76 Å². The molecule has 0 unspecified atom stereocenters. The van der Waals surface area contributed by atoms with Crippen molar-refractivity contribution in [3.63, 3.8) is 0 Å². The van der Waals surface area contributed by atoms with Crippen LogP contribution in [-0.4, -0.2) is 0 Å². The highest BCUT2D eigenvalue weighted by molar-refractivity contribution is 5.06. The fourth-order valence-electron chi connectivity index (χ4n) is 3.75. The zero-order valence-electron chi connectivity index (χ0n) is 19.2. The van der Waals surface area contributed by atoms with Crippen molar-refractivity contribution in [2.75, 3.05) is 0 Å². The number of halogens is 2. The Morgan fingerprint density at radius 2 is 0.733 bits per heavy atom. The van der Waals surface area contributed by atoms with Gasteiger partial charge in [-0.1, -0.05) is 52.4 Å². The summed E-state index contributed by atoms with van der Waals surface area (Å²) in [6.07, 6.45) is 25.0. The average Bonchev–Trinajstić information content (AvgIpc) is 2.75. The molecule has 2 nitrogen and oxygen atoms in total. The number of aryl methyl sites for hydroxylation is 4. The number of pyridine rings is 2. The van der Waals surface area contributed by atoms with Gasteiger partial charge in [0.15, 0.2) is 24.8 Å². The molecule has 0 radical (unpaired) electrons. The first-order valence-electron chi connectivity index (χ1n) is 11.8. The molecule has 2 rings (SSSR count). The lowest BCUT2D eigenvalue weighted by molar-refractivity contribution is -0.697. The Hall–Kier alpha value is -1.12. The molecule has 0 aliphatic heterocycles. The van der Waals surface area contributed by atoms with Crippen molar-refractivity contribution in [1.82, 2.24) is 0 Å². The van der Waals surface area contributed by atoms with E-state index in [0.29, 0.717) is 0 Å². The van der Waals surface area contributed by atoms with Crippen LogP contribution in [0.3, 0.4) is 0 Å². The fraction of sp³-hybridized carbons (Fsp3) is 0.615. The minimum atomic E-state index is 0. The Balaban J connectivity index is 0.00000420. The van der Waals surface area contributed by atoms with Crippen LogP contribution in [-0.2, 0) is 25.9 Å². The third-order valence-corrected chi connectivity index (χ3v) is 5.82. The predicted molar refractivity (Wildman–Crippen MR) is 118 cm³/mol. The van der Waals surface area contributed by atoms with Crippen LogP contribution >= 0.6 is 0 Å². The summed E-state index contributed by atoms with van der Waals surface area (Å²) in [7, 11) is 0. The van der Waals surface area contributed by atoms with Gasteiger partial charge in [-0.3, -0.25) is 0 Å². The average molecular weight is 454 g/mol. The van der Waals surface area contributed by atoms with E-state index >= 15 is 0 Å². The predicted octanol–water partition coefficient (Wildman–Crippen LogP) is -0.00440. The van der Waals surface area contributed by atoms with Gasteiger partial charge in [0.25, 0.3) is 0 Å². The van der Waals surface area contributed by atoms with Gasteiger partial charge in [-0.25, -0.2) is 9.13 Å². The lowest BCUT2D eigenvalue weighted by Crippen LogP contribution is -3.00. The Kier molecular flexibility index (Phi) is 17.9. The van der Waals surface area contributed by atoms with Gasteiger partial charge in [-0.05, 0) is 36.8 Å². The summed E-state index contributed by atoms with van der Waals surface area (Å²) in [5, 5.41) is 0. The molecule has 0 N–H and O–H groups in total. The lowest BCUT2D eigenvalue weighted by atomic mass is 10.1. The van der Waals surface area contributed by atoms with Crippen molar-refractivity contribution >= 4 is 0 Å². The summed E-state index contributed by atoms with van der Waals surface area (Å²) in [5.74, 6) is 0. The van der Waals surface area contributed by atoms with E-state index in [4.69, 9.17) is 0 Å². The maximum absolute atomic E-state index is 2.33.